The number of nitrogens with one attached hydrogen (secondary N) is 3. The molecule has 102 valence electrons. The van der Waals surface area contributed by atoms with E-state index in [9.17, 15) is 4.79 Å². The second-order valence-corrected chi connectivity index (χ2v) is 4.12. The van der Waals surface area contributed by atoms with Gasteiger partial charge in [-0.05, 0) is 12.1 Å². The van der Waals surface area contributed by atoms with Crippen molar-refractivity contribution in [3.05, 3.63) is 35.0 Å². The van der Waals surface area contributed by atoms with Crippen LogP contribution in [0.25, 0.3) is 0 Å². The number of fused-ring (bicyclic) bond motifs is 1. The molecule has 3 N–H and O–H groups in total. The highest BCUT2D eigenvalue weighted by Crippen LogP contribution is 2.28. The summed E-state index contributed by atoms with van der Waals surface area (Å²) in [7, 11) is 0. The Labute approximate surface area is 121 Å². The van der Waals surface area contributed by atoms with Gasteiger partial charge in [-0.3, -0.25) is 4.79 Å². The molecule has 7 heteroatoms. The maximum absolute atomic E-state index is 11.9. The highest BCUT2D eigenvalue weighted by atomic mass is 16.1. The van der Waals surface area contributed by atoms with E-state index >= 15 is 0 Å². The van der Waals surface area contributed by atoms with Crippen LogP contribution in [0.5, 0.6) is 0 Å². The van der Waals surface area contributed by atoms with E-state index in [1.807, 2.05) is 0 Å². The molecule has 0 radical (unpaired) electrons. The minimum absolute atomic E-state index is 0.153. The Balaban J connectivity index is 2.48. The first kappa shape index (κ1) is 13.9. The van der Waals surface area contributed by atoms with Gasteiger partial charge in [-0.2, -0.15) is 15.8 Å². The van der Waals surface area contributed by atoms with Gasteiger partial charge in [0.15, 0.2) is 5.57 Å². The zero-order valence-corrected chi connectivity index (χ0v) is 10.9. The predicted molar refractivity (Wildman–Crippen MR) is 74.8 cm³/mol. The Morgan fingerprint density at radius 3 is 2.48 bits per heavy atom. The smallest absolute Gasteiger partial charge is 0.253 e. The number of allylic oxidation sites excluding steroid dienone is 2. The third-order valence-corrected chi connectivity index (χ3v) is 2.87. The average molecular weight is 278 g/mol. The van der Waals surface area contributed by atoms with Crippen LogP contribution in [0.3, 0.4) is 0 Å². The van der Waals surface area contributed by atoms with Gasteiger partial charge in [-0.15, -0.1) is 0 Å². The number of hydrogen-bond acceptors (Lipinski definition) is 6. The molecule has 0 aliphatic carbocycles. The van der Waals surface area contributed by atoms with Gasteiger partial charge in [0.1, 0.15) is 23.9 Å². The summed E-state index contributed by atoms with van der Waals surface area (Å²) in [5.41, 5.74) is 0.970. The number of carbonyl (C=O) groups excluding carboxylic acids is 1. The molecule has 0 aromatic heterocycles. The molecule has 1 amide bonds. The SMILES string of the molecule is N#CC(C#N)=C(C#N)Nc1cccc2c1NCCNC2=O. The Morgan fingerprint density at radius 2 is 1.81 bits per heavy atom. The molecular weight excluding hydrogens is 268 g/mol. The van der Waals surface area contributed by atoms with Crippen LogP contribution >= 0.6 is 0 Å². The second-order valence-electron chi connectivity index (χ2n) is 4.12. The molecule has 1 aromatic carbocycles. The molecule has 0 saturated heterocycles. The lowest BCUT2D eigenvalue weighted by Crippen LogP contribution is -2.24. The molecule has 0 spiro atoms. The van der Waals surface area contributed by atoms with Gasteiger partial charge in [-0.25, -0.2) is 0 Å². The van der Waals surface area contributed by atoms with Crippen molar-refractivity contribution in [2.75, 3.05) is 23.7 Å². The van der Waals surface area contributed by atoms with Crippen molar-refractivity contribution in [3.63, 3.8) is 0 Å². The normalized spacial score (nSPS) is 12.1. The number of rotatable bonds is 2. The van der Waals surface area contributed by atoms with Crippen LogP contribution < -0.4 is 16.0 Å². The number of para-hydroxylation sites is 1. The molecule has 0 bridgehead atoms. The van der Waals surface area contributed by atoms with E-state index in [1.165, 1.54) is 0 Å². The number of nitriles is 3. The number of anilines is 2. The zero-order valence-electron chi connectivity index (χ0n) is 10.9. The minimum atomic E-state index is -0.312. The Bertz CT molecular complexity index is 728. The van der Waals surface area contributed by atoms with Crippen LogP contribution in [0.2, 0.25) is 0 Å². The zero-order chi connectivity index (χ0) is 15.2. The topological polar surface area (TPSA) is 125 Å². The maximum Gasteiger partial charge on any atom is 0.253 e. The van der Waals surface area contributed by atoms with Crippen LogP contribution in [0, 0.1) is 34.0 Å². The molecule has 7 nitrogen and oxygen atoms in total. The standard InChI is InChI=1S/C14H10N6O/c15-6-9(7-16)12(8-17)20-11-3-1-2-10-13(11)18-4-5-19-14(10)21/h1-3,18,20H,4-5H2,(H,19,21). The summed E-state index contributed by atoms with van der Waals surface area (Å²) in [6, 6.07) is 10.1. The monoisotopic (exact) mass is 278 g/mol. The Morgan fingerprint density at radius 1 is 1.10 bits per heavy atom. The summed E-state index contributed by atoms with van der Waals surface area (Å²) in [5, 5.41) is 35.3. The van der Waals surface area contributed by atoms with E-state index < -0.39 is 0 Å². The second kappa shape index (κ2) is 6.10. The van der Waals surface area contributed by atoms with Crippen molar-refractivity contribution in [2.45, 2.75) is 0 Å². The minimum Gasteiger partial charge on any atom is -0.381 e. The number of hydrogen-bond donors (Lipinski definition) is 3. The van der Waals surface area contributed by atoms with E-state index in [4.69, 9.17) is 15.8 Å². The number of carbonyl (C=O) groups is 1. The molecule has 1 aliphatic rings. The fraction of sp³-hybridized carbons (Fsp3) is 0.143. The largest absolute Gasteiger partial charge is 0.381 e. The van der Waals surface area contributed by atoms with Gasteiger partial charge in [0, 0.05) is 13.1 Å². The first-order valence-corrected chi connectivity index (χ1v) is 6.08. The molecule has 21 heavy (non-hydrogen) atoms. The Kier molecular flexibility index (Phi) is 4.04. The predicted octanol–water partition coefficient (Wildman–Crippen LogP) is 1.08. The lowest BCUT2D eigenvalue weighted by Gasteiger charge is -2.13. The molecule has 0 unspecified atom stereocenters. The van der Waals surface area contributed by atoms with Crippen LogP contribution in [0.1, 0.15) is 10.4 Å². The first-order chi connectivity index (χ1) is 10.2. The quantitative estimate of drug-likeness (QED) is 0.695. The van der Waals surface area contributed by atoms with Crippen LogP contribution in [0.15, 0.2) is 29.5 Å². The summed E-state index contributed by atoms with van der Waals surface area (Å²) in [5.74, 6) is -0.220. The molecule has 1 aromatic rings. The molecule has 1 aliphatic heterocycles. The van der Waals surface area contributed by atoms with Gasteiger partial charge in [0.25, 0.3) is 5.91 Å². The van der Waals surface area contributed by atoms with E-state index in [0.717, 1.165) is 0 Å². The van der Waals surface area contributed by atoms with Gasteiger partial charge in [-0.1, -0.05) is 6.07 Å². The summed E-state index contributed by atoms with van der Waals surface area (Å²) in [4.78, 5) is 11.9. The lowest BCUT2D eigenvalue weighted by molar-refractivity contribution is 0.0958. The Hall–Kier alpha value is -3.50. The maximum atomic E-state index is 11.9. The summed E-state index contributed by atoms with van der Waals surface area (Å²) >= 11 is 0. The molecular formula is C14H10N6O. The van der Waals surface area contributed by atoms with E-state index in [2.05, 4.69) is 16.0 Å². The van der Waals surface area contributed by atoms with Crippen molar-refractivity contribution in [1.29, 1.82) is 15.8 Å². The molecule has 1 heterocycles. The molecule has 0 fully saturated rings. The highest BCUT2D eigenvalue weighted by Gasteiger charge is 2.18. The van der Waals surface area contributed by atoms with Crippen LogP contribution in [0.4, 0.5) is 11.4 Å². The average Bonchev–Trinajstić information content (AvgIpc) is 2.70. The van der Waals surface area contributed by atoms with Gasteiger partial charge < -0.3 is 16.0 Å². The van der Waals surface area contributed by atoms with Gasteiger partial charge in [0.2, 0.25) is 0 Å². The van der Waals surface area contributed by atoms with Crippen LogP contribution in [-0.4, -0.2) is 19.0 Å². The van der Waals surface area contributed by atoms with Gasteiger partial charge >= 0.3 is 0 Å². The van der Waals surface area contributed by atoms with Crippen molar-refractivity contribution < 1.29 is 4.79 Å². The van der Waals surface area contributed by atoms with Crippen molar-refractivity contribution in [3.8, 4) is 18.2 Å². The van der Waals surface area contributed by atoms with E-state index in [0.29, 0.717) is 30.0 Å². The van der Waals surface area contributed by atoms with Crippen molar-refractivity contribution in [2.24, 2.45) is 0 Å². The third-order valence-electron chi connectivity index (χ3n) is 2.87. The molecule has 0 atom stereocenters. The van der Waals surface area contributed by atoms with Crippen molar-refractivity contribution >= 4 is 17.3 Å². The fourth-order valence-corrected chi connectivity index (χ4v) is 1.91. The number of benzene rings is 1. The molecule has 2 rings (SSSR count). The summed E-state index contributed by atoms with van der Waals surface area (Å²) in [6.45, 7) is 1.02. The molecule has 0 saturated carbocycles. The lowest BCUT2D eigenvalue weighted by atomic mass is 10.1. The number of amides is 1. The third kappa shape index (κ3) is 2.75. The summed E-state index contributed by atoms with van der Waals surface area (Å²) < 4.78 is 0. The van der Waals surface area contributed by atoms with E-state index in [-0.39, 0.29) is 17.2 Å². The van der Waals surface area contributed by atoms with Crippen molar-refractivity contribution in [1.82, 2.24) is 5.32 Å². The van der Waals surface area contributed by atoms with E-state index in [1.54, 1.807) is 36.4 Å². The first-order valence-electron chi connectivity index (χ1n) is 6.08. The highest BCUT2D eigenvalue weighted by molar-refractivity contribution is 6.03. The van der Waals surface area contributed by atoms with Gasteiger partial charge in [0.05, 0.1) is 16.9 Å². The van der Waals surface area contributed by atoms with Crippen LogP contribution in [-0.2, 0) is 0 Å². The fourth-order valence-electron chi connectivity index (χ4n) is 1.91. The summed E-state index contributed by atoms with van der Waals surface area (Å²) in [6.07, 6.45) is 0. The number of nitrogens with zero attached hydrogens (tertiary/aromatic N) is 3.